The van der Waals surface area contributed by atoms with E-state index in [0.717, 1.165) is 17.1 Å². The lowest BCUT2D eigenvalue weighted by Gasteiger charge is -2.24. The number of carbonyl (C=O) groups is 1. The molecule has 0 radical (unpaired) electrons. The fourth-order valence-corrected chi connectivity index (χ4v) is 3.29. The van der Waals surface area contributed by atoms with Gasteiger partial charge in [-0.3, -0.25) is 4.79 Å². The minimum atomic E-state index is -0.599. The monoisotopic (exact) mass is 368 g/mol. The molecule has 1 fully saturated rings. The number of benzene rings is 2. The van der Waals surface area contributed by atoms with Gasteiger partial charge in [-0.1, -0.05) is 19.3 Å². The Bertz CT molecular complexity index is 722. The summed E-state index contributed by atoms with van der Waals surface area (Å²) in [4.78, 5) is 12.4. The molecule has 1 unspecified atom stereocenters. The molecule has 1 aliphatic carbocycles. The molecule has 3 rings (SSSR count). The smallest absolute Gasteiger partial charge is 0.265 e. The van der Waals surface area contributed by atoms with Crippen LogP contribution in [0.25, 0.3) is 0 Å². The molecule has 27 heavy (non-hydrogen) atoms. The van der Waals surface area contributed by atoms with Crippen molar-refractivity contribution in [2.24, 2.45) is 0 Å². The van der Waals surface area contributed by atoms with Gasteiger partial charge < -0.3 is 20.1 Å². The second kappa shape index (κ2) is 9.31. The standard InChI is InChI=1S/C22H28N2O3/c1-16(27-21-14-12-20(26-2)13-15-21)22(25)24-19-10-8-18(9-11-19)23-17-6-4-3-5-7-17/h8-17,23H,3-7H2,1-2H3,(H,24,25). The summed E-state index contributed by atoms with van der Waals surface area (Å²) >= 11 is 0. The van der Waals surface area contributed by atoms with E-state index in [9.17, 15) is 4.79 Å². The van der Waals surface area contributed by atoms with Crippen molar-refractivity contribution in [3.63, 3.8) is 0 Å². The number of carbonyl (C=O) groups excluding carboxylic acids is 1. The Balaban J connectivity index is 1.50. The molecule has 5 nitrogen and oxygen atoms in total. The predicted octanol–water partition coefficient (Wildman–Crippen LogP) is 4.85. The zero-order chi connectivity index (χ0) is 19.1. The van der Waals surface area contributed by atoms with E-state index >= 15 is 0 Å². The minimum Gasteiger partial charge on any atom is -0.497 e. The van der Waals surface area contributed by atoms with E-state index in [-0.39, 0.29) is 5.91 Å². The highest BCUT2D eigenvalue weighted by Gasteiger charge is 2.16. The number of hydrogen-bond acceptors (Lipinski definition) is 4. The van der Waals surface area contributed by atoms with Crippen LogP contribution in [-0.2, 0) is 4.79 Å². The number of rotatable bonds is 7. The fourth-order valence-electron chi connectivity index (χ4n) is 3.29. The summed E-state index contributed by atoms with van der Waals surface area (Å²) < 4.78 is 10.8. The summed E-state index contributed by atoms with van der Waals surface area (Å²) in [6, 6.07) is 15.6. The Labute approximate surface area is 161 Å². The predicted molar refractivity (Wildman–Crippen MR) is 109 cm³/mol. The van der Waals surface area contributed by atoms with Crippen molar-refractivity contribution in [1.82, 2.24) is 0 Å². The molecule has 1 aliphatic rings. The maximum atomic E-state index is 12.4. The van der Waals surface area contributed by atoms with Gasteiger partial charge in [-0.2, -0.15) is 0 Å². The third-order valence-corrected chi connectivity index (χ3v) is 4.87. The van der Waals surface area contributed by atoms with Crippen LogP contribution in [0.2, 0.25) is 0 Å². The van der Waals surface area contributed by atoms with Crippen LogP contribution >= 0.6 is 0 Å². The van der Waals surface area contributed by atoms with E-state index in [1.807, 2.05) is 24.3 Å². The quantitative estimate of drug-likeness (QED) is 0.734. The van der Waals surface area contributed by atoms with Crippen molar-refractivity contribution in [3.05, 3.63) is 48.5 Å². The average Bonchev–Trinajstić information content (AvgIpc) is 2.71. The molecule has 0 aliphatic heterocycles. The molecule has 1 saturated carbocycles. The molecule has 5 heteroatoms. The maximum absolute atomic E-state index is 12.4. The lowest BCUT2D eigenvalue weighted by molar-refractivity contribution is -0.122. The van der Waals surface area contributed by atoms with E-state index in [1.165, 1.54) is 32.1 Å². The first kappa shape index (κ1) is 19.1. The van der Waals surface area contributed by atoms with E-state index in [1.54, 1.807) is 38.3 Å². The van der Waals surface area contributed by atoms with Gasteiger partial charge in [0, 0.05) is 17.4 Å². The Kier molecular flexibility index (Phi) is 6.58. The zero-order valence-corrected chi connectivity index (χ0v) is 16.0. The van der Waals surface area contributed by atoms with Crippen molar-refractivity contribution in [3.8, 4) is 11.5 Å². The highest BCUT2D eigenvalue weighted by Crippen LogP contribution is 2.23. The van der Waals surface area contributed by atoms with E-state index in [0.29, 0.717) is 11.8 Å². The third kappa shape index (κ3) is 5.64. The van der Waals surface area contributed by atoms with Crippen LogP contribution in [-0.4, -0.2) is 25.2 Å². The second-order valence-corrected chi connectivity index (χ2v) is 6.98. The summed E-state index contributed by atoms with van der Waals surface area (Å²) in [6.45, 7) is 1.73. The highest BCUT2D eigenvalue weighted by molar-refractivity contribution is 5.94. The Morgan fingerprint density at radius 2 is 1.52 bits per heavy atom. The summed E-state index contributed by atoms with van der Waals surface area (Å²) in [5.41, 5.74) is 1.86. The number of nitrogens with one attached hydrogen (secondary N) is 2. The first-order valence-electron chi connectivity index (χ1n) is 9.62. The first-order valence-corrected chi connectivity index (χ1v) is 9.62. The van der Waals surface area contributed by atoms with Crippen molar-refractivity contribution < 1.29 is 14.3 Å². The van der Waals surface area contributed by atoms with E-state index in [4.69, 9.17) is 9.47 Å². The van der Waals surface area contributed by atoms with Crippen LogP contribution < -0.4 is 20.1 Å². The number of hydrogen-bond donors (Lipinski definition) is 2. The largest absolute Gasteiger partial charge is 0.497 e. The fraction of sp³-hybridized carbons (Fsp3) is 0.409. The van der Waals surface area contributed by atoms with Crippen molar-refractivity contribution >= 4 is 17.3 Å². The molecule has 2 aromatic rings. The molecule has 0 bridgehead atoms. The van der Waals surface area contributed by atoms with Crippen LogP contribution in [0.1, 0.15) is 39.0 Å². The normalized spacial score (nSPS) is 15.6. The van der Waals surface area contributed by atoms with Gasteiger partial charge in [0.15, 0.2) is 6.10 Å². The van der Waals surface area contributed by atoms with Gasteiger partial charge in [0.05, 0.1) is 7.11 Å². The lowest BCUT2D eigenvalue weighted by Crippen LogP contribution is -2.30. The summed E-state index contributed by atoms with van der Waals surface area (Å²) in [7, 11) is 1.61. The lowest BCUT2D eigenvalue weighted by atomic mass is 9.95. The molecule has 0 saturated heterocycles. The maximum Gasteiger partial charge on any atom is 0.265 e. The van der Waals surface area contributed by atoms with Crippen molar-refractivity contribution in [1.29, 1.82) is 0 Å². The molecule has 0 heterocycles. The average molecular weight is 368 g/mol. The Morgan fingerprint density at radius 1 is 0.926 bits per heavy atom. The molecular weight excluding hydrogens is 340 g/mol. The summed E-state index contributed by atoms with van der Waals surface area (Å²) in [5.74, 6) is 1.20. The molecule has 1 amide bonds. The van der Waals surface area contributed by atoms with Crippen LogP contribution in [0.4, 0.5) is 11.4 Å². The zero-order valence-electron chi connectivity index (χ0n) is 16.0. The first-order chi connectivity index (χ1) is 13.1. The second-order valence-electron chi connectivity index (χ2n) is 6.98. The van der Waals surface area contributed by atoms with Crippen LogP contribution in [0.5, 0.6) is 11.5 Å². The molecule has 2 aromatic carbocycles. The number of anilines is 2. The van der Waals surface area contributed by atoms with Crippen molar-refractivity contribution in [2.75, 3.05) is 17.7 Å². The van der Waals surface area contributed by atoms with Gasteiger partial charge in [0.2, 0.25) is 0 Å². The number of ether oxygens (including phenoxy) is 2. The van der Waals surface area contributed by atoms with Crippen molar-refractivity contribution in [2.45, 2.75) is 51.2 Å². The SMILES string of the molecule is COc1ccc(OC(C)C(=O)Nc2ccc(NC3CCCCC3)cc2)cc1. The van der Waals surface area contributed by atoms with Gasteiger partial charge in [0.25, 0.3) is 5.91 Å². The number of amides is 1. The minimum absolute atomic E-state index is 0.182. The summed E-state index contributed by atoms with van der Waals surface area (Å²) in [6.07, 6.45) is 5.83. The van der Waals surface area contributed by atoms with E-state index < -0.39 is 6.10 Å². The molecule has 1 atom stereocenters. The molecule has 144 valence electrons. The topological polar surface area (TPSA) is 59.6 Å². The van der Waals surface area contributed by atoms with Crippen LogP contribution in [0.3, 0.4) is 0 Å². The highest BCUT2D eigenvalue weighted by atomic mass is 16.5. The van der Waals surface area contributed by atoms with Gasteiger partial charge in [-0.05, 0) is 68.3 Å². The molecule has 0 spiro atoms. The molecule has 2 N–H and O–H groups in total. The van der Waals surface area contributed by atoms with E-state index in [2.05, 4.69) is 10.6 Å². The number of methoxy groups -OCH3 is 1. The van der Waals surface area contributed by atoms with Gasteiger partial charge >= 0.3 is 0 Å². The van der Waals surface area contributed by atoms with Gasteiger partial charge in [-0.25, -0.2) is 0 Å². The van der Waals surface area contributed by atoms with Gasteiger partial charge in [-0.15, -0.1) is 0 Å². The van der Waals surface area contributed by atoms with Crippen LogP contribution in [0, 0.1) is 0 Å². The molecular formula is C22H28N2O3. The Hall–Kier alpha value is -2.69. The Morgan fingerprint density at radius 3 is 2.15 bits per heavy atom. The summed E-state index contributed by atoms with van der Waals surface area (Å²) in [5, 5.41) is 6.48. The molecule has 0 aromatic heterocycles. The third-order valence-electron chi connectivity index (χ3n) is 4.87. The van der Waals surface area contributed by atoms with Crippen LogP contribution in [0.15, 0.2) is 48.5 Å². The van der Waals surface area contributed by atoms with Gasteiger partial charge in [0.1, 0.15) is 11.5 Å².